The van der Waals surface area contributed by atoms with Gasteiger partial charge in [-0.1, -0.05) is 35.3 Å². The number of carbonyl (C=O) groups is 2. The van der Waals surface area contributed by atoms with Crippen LogP contribution in [0.3, 0.4) is 0 Å². The molecule has 2 aromatic rings. The largest absolute Gasteiger partial charge is 0.419 e. The first-order chi connectivity index (χ1) is 17.8. The fourth-order valence-corrected chi connectivity index (χ4v) is 5.47. The minimum Gasteiger partial charge on any atom is -0.339 e. The normalized spacial score (nSPS) is 20.4. The number of urea groups is 1. The molecule has 2 atom stereocenters. The van der Waals surface area contributed by atoms with Crippen molar-refractivity contribution in [2.45, 2.75) is 31.6 Å². The van der Waals surface area contributed by atoms with E-state index in [2.05, 4.69) is 0 Å². The lowest BCUT2D eigenvalue weighted by Crippen LogP contribution is -2.53. The molecule has 12 heteroatoms. The predicted molar refractivity (Wildman–Crippen MR) is 137 cm³/mol. The van der Waals surface area contributed by atoms with Gasteiger partial charge in [0.2, 0.25) is 5.91 Å². The van der Waals surface area contributed by atoms with Gasteiger partial charge in [0, 0.05) is 64.7 Å². The molecule has 0 bridgehead atoms. The number of rotatable bonds is 4. The van der Waals surface area contributed by atoms with E-state index in [1.54, 1.807) is 33.9 Å². The van der Waals surface area contributed by atoms with Crippen LogP contribution in [0.2, 0.25) is 10.0 Å². The number of likely N-dealkylation sites (tertiary alicyclic amines) is 1. The first kappa shape index (κ1) is 28.4. The van der Waals surface area contributed by atoms with Crippen LogP contribution in [0, 0.1) is 5.82 Å². The van der Waals surface area contributed by atoms with Crippen LogP contribution in [0.15, 0.2) is 36.4 Å². The Balaban J connectivity index is 1.54. The molecule has 3 amide bonds. The maximum absolute atomic E-state index is 14.2. The van der Waals surface area contributed by atoms with Crippen LogP contribution < -0.4 is 0 Å². The molecule has 2 heterocycles. The molecule has 2 aromatic carbocycles. The highest BCUT2D eigenvalue weighted by molar-refractivity contribution is 6.42. The molecular formula is C26H28Cl2F4N4O2. The van der Waals surface area contributed by atoms with E-state index < -0.39 is 17.6 Å². The van der Waals surface area contributed by atoms with Crippen molar-refractivity contribution in [3.05, 3.63) is 69.0 Å². The lowest BCUT2D eigenvalue weighted by Gasteiger charge is -2.36. The first-order valence-electron chi connectivity index (χ1n) is 12.2. The molecule has 0 aromatic heterocycles. The zero-order valence-corrected chi connectivity index (χ0v) is 22.5. The molecule has 38 heavy (non-hydrogen) atoms. The highest BCUT2D eigenvalue weighted by Gasteiger charge is 2.41. The van der Waals surface area contributed by atoms with Crippen LogP contribution in [-0.4, -0.2) is 83.9 Å². The van der Waals surface area contributed by atoms with Crippen LogP contribution in [0.5, 0.6) is 0 Å². The molecule has 206 valence electrons. The summed E-state index contributed by atoms with van der Waals surface area (Å²) in [6, 6.07) is 7.84. The van der Waals surface area contributed by atoms with Gasteiger partial charge in [-0.3, -0.25) is 9.69 Å². The lowest BCUT2D eigenvalue weighted by molar-refractivity contribution is -0.140. The number of alkyl halides is 3. The Morgan fingerprint density at radius 2 is 1.61 bits per heavy atom. The number of halogens is 6. The summed E-state index contributed by atoms with van der Waals surface area (Å²) in [5, 5.41) is 0.773. The highest BCUT2D eigenvalue weighted by atomic mass is 35.5. The van der Waals surface area contributed by atoms with Gasteiger partial charge in [0.1, 0.15) is 5.82 Å². The van der Waals surface area contributed by atoms with Gasteiger partial charge in [0.25, 0.3) is 0 Å². The predicted octanol–water partition coefficient (Wildman–Crippen LogP) is 5.34. The summed E-state index contributed by atoms with van der Waals surface area (Å²) in [5.74, 6) is -1.52. The van der Waals surface area contributed by atoms with E-state index in [1.807, 2.05) is 11.0 Å². The Kier molecular flexibility index (Phi) is 8.44. The second-order valence-corrected chi connectivity index (χ2v) is 10.6. The summed E-state index contributed by atoms with van der Waals surface area (Å²) in [5.41, 5.74) is -0.0531. The summed E-state index contributed by atoms with van der Waals surface area (Å²) >= 11 is 12.4. The summed E-state index contributed by atoms with van der Waals surface area (Å²) in [4.78, 5) is 32.1. The van der Waals surface area contributed by atoms with Gasteiger partial charge in [-0.25, -0.2) is 9.18 Å². The van der Waals surface area contributed by atoms with Crippen LogP contribution >= 0.6 is 23.2 Å². The summed E-state index contributed by atoms with van der Waals surface area (Å²) in [6.07, 6.45) is -4.77. The summed E-state index contributed by atoms with van der Waals surface area (Å²) in [7, 11) is 1.80. The molecule has 6 nitrogen and oxygen atoms in total. The second kappa shape index (κ2) is 11.3. The third-order valence-electron chi connectivity index (χ3n) is 7.26. The van der Waals surface area contributed by atoms with Crippen molar-refractivity contribution in [3.8, 4) is 0 Å². The van der Waals surface area contributed by atoms with Gasteiger partial charge in [-0.15, -0.1) is 0 Å². The number of nitrogens with zero attached hydrogens (tertiary/aromatic N) is 4. The number of likely N-dealkylation sites (N-methyl/N-ethyl adjacent to an activating group) is 1. The number of carbonyl (C=O) groups excluding carboxylic acids is 2. The molecule has 2 fully saturated rings. The number of benzene rings is 2. The third kappa shape index (κ3) is 6.18. The Morgan fingerprint density at radius 1 is 0.947 bits per heavy atom. The van der Waals surface area contributed by atoms with Gasteiger partial charge in [-0.2, -0.15) is 13.2 Å². The molecule has 0 saturated carbocycles. The molecule has 0 radical (unpaired) electrons. The van der Waals surface area contributed by atoms with E-state index in [1.165, 1.54) is 13.0 Å². The Bertz CT molecular complexity index is 1200. The maximum Gasteiger partial charge on any atom is 0.419 e. The second-order valence-electron chi connectivity index (χ2n) is 9.76. The van der Waals surface area contributed by atoms with Crippen LogP contribution in [0.25, 0.3) is 0 Å². The Hall–Kier alpha value is -2.56. The molecule has 2 aliphatic rings. The highest BCUT2D eigenvalue weighted by Crippen LogP contribution is 2.36. The minimum atomic E-state index is -4.77. The SMILES string of the molecule is CC(=O)N1CCN(C(=O)N2CC(c3ccc(Cl)c(Cl)c3)C(N(C)Cc3ccc(C(F)(F)F)c(F)c3)C2)CC1. The zero-order chi connectivity index (χ0) is 27.8. The third-order valence-corrected chi connectivity index (χ3v) is 8.00. The number of piperazine rings is 1. The topological polar surface area (TPSA) is 47.1 Å². The molecule has 4 rings (SSSR count). The van der Waals surface area contributed by atoms with Gasteiger partial charge >= 0.3 is 12.2 Å². The summed E-state index contributed by atoms with van der Waals surface area (Å²) < 4.78 is 53.2. The van der Waals surface area contributed by atoms with Crippen molar-refractivity contribution in [1.82, 2.24) is 19.6 Å². The molecule has 2 saturated heterocycles. The smallest absolute Gasteiger partial charge is 0.339 e. The van der Waals surface area contributed by atoms with Gasteiger partial charge in [-0.05, 0) is 42.4 Å². The maximum atomic E-state index is 14.2. The Labute approximate surface area is 228 Å². The zero-order valence-electron chi connectivity index (χ0n) is 20.9. The fraction of sp³-hybridized carbons (Fsp3) is 0.462. The van der Waals surface area contributed by atoms with Crippen molar-refractivity contribution in [3.63, 3.8) is 0 Å². The van der Waals surface area contributed by atoms with Gasteiger partial charge < -0.3 is 14.7 Å². The van der Waals surface area contributed by atoms with Crippen molar-refractivity contribution in [2.75, 3.05) is 46.3 Å². The minimum absolute atomic E-state index is 0.0284. The number of hydrogen-bond acceptors (Lipinski definition) is 3. The fourth-order valence-electron chi connectivity index (χ4n) is 5.16. The molecule has 2 unspecified atom stereocenters. The van der Waals surface area contributed by atoms with Crippen LogP contribution in [0.4, 0.5) is 22.4 Å². The first-order valence-corrected chi connectivity index (χ1v) is 12.9. The van der Waals surface area contributed by atoms with Crippen molar-refractivity contribution < 1.29 is 27.2 Å². The van der Waals surface area contributed by atoms with E-state index in [9.17, 15) is 27.2 Å². The van der Waals surface area contributed by atoms with Crippen LogP contribution in [-0.2, 0) is 17.5 Å². The van der Waals surface area contributed by atoms with Crippen molar-refractivity contribution in [1.29, 1.82) is 0 Å². The van der Waals surface area contributed by atoms with Crippen molar-refractivity contribution in [2.24, 2.45) is 0 Å². The van der Waals surface area contributed by atoms with Crippen molar-refractivity contribution >= 4 is 35.1 Å². The molecule has 2 aliphatic heterocycles. The average molecular weight is 575 g/mol. The summed E-state index contributed by atoms with van der Waals surface area (Å²) in [6.45, 7) is 4.22. The van der Waals surface area contributed by atoms with Gasteiger partial charge in [0.05, 0.1) is 15.6 Å². The number of amides is 3. The standard InChI is InChI=1S/C26H28Cl2F4N4O2/c1-16(37)34-7-9-35(10-8-34)25(38)36-14-19(18-4-6-21(27)22(28)12-18)24(15-36)33(2)13-17-3-5-20(23(29)11-17)26(30,31)32/h3-6,11-12,19,24H,7-10,13-15H2,1-2H3. The molecular weight excluding hydrogens is 547 g/mol. The van der Waals surface area contributed by atoms with Gasteiger partial charge in [0.15, 0.2) is 0 Å². The molecule has 0 aliphatic carbocycles. The van der Waals surface area contributed by atoms with E-state index >= 15 is 0 Å². The van der Waals surface area contributed by atoms with E-state index in [0.29, 0.717) is 54.9 Å². The van der Waals surface area contributed by atoms with Crippen LogP contribution in [0.1, 0.15) is 29.5 Å². The quantitative estimate of drug-likeness (QED) is 0.463. The van der Waals surface area contributed by atoms with E-state index in [0.717, 1.165) is 17.7 Å². The average Bonchev–Trinajstić information content (AvgIpc) is 3.30. The lowest BCUT2D eigenvalue weighted by atomic mass is 9.93. The monoisotopic (exact) mass is 574 g/mol. The molecule has 0 N–H and O–H groups in total. The van der Waals surface area contributed by atoms with E-state index in [4.69, 9.17) is 23.2 Å². The molecule has 0 spiro atoms. The van der Waals surface area contributed by atoms with E-state index in [-0.39, 0.29) is 30.4 Å². The Morgan fingerprint density at radius 3 is 2.18 bits per heavy atom. The number of hydrogen-bond donors (Lipinski definition) is 0.